The third kappa shape index (κ3) is 6.22. The van der Waals surface area contributed by atoms with E-state index < -0.39 is 23.4 Å². The number of thioether (sulfide) groups is 1. The van der Waals surface area contributed by atoms with E-state index in [2.05, 4.69) is 21.2 Å². The van der Waals surface area contributed by atoms with Gasteiger partial charge in [-0.3, -0.25) is 19.7 Å². The van der Waals surface area contributed by atoms with E-state index in [-0.39, 0.29) is 22.2 Å². The van der Waals surface area contributed by atoms with Crippen LogP contribution in [-0.4, -0.2) is 29.2 Å². The molecular weight excluding hydrogens is 472 g/mol. The Morgan fingerprint density at radius 3 is 2.61 bits per heavy atom. The van der Waals surface area contributed by atoms with Crippen LogP contribution in [0.4, 0.5) is 11.4 Å². The zero-order valence-corrected chi connectivity index (χ0v) is 18.1. The molecule has 1 N–H and O–H groups in total. The molecular formula is C18H16BrClN2O5S. The molecule has 7 nitrogen and oxygen atoms in total. The summed E-state index contributed by atoms with van der Waals surface area (Å²) in [7, 11) is 0. The van der Waals surface area contributed by atoms with Crippen LogP contribution in [-0.2, 0) is 14.3 Å². The monoisotopic (exact) mass is 486 g/mol. The SMILES string of the molecule is Cc1cc(SCC(=O)OCC(=O)Nc2ccc([N+](=O)[O-])cc2Cl)c(C)cc1Br. The Bertz CT molecular complexity index is 938. The lowest BCUT2D eigenvalue weighted by Crippen LogP contribution is -2.21. The standard InChI is InChI=1S/C18H16BrClN2O5S/c1-10-6-16(11(2)5-13(10)19)28-9-18(24)27-8-17(23)21-15-4-3-12(22(25)26)7-14(15)20/h3-7H,8-9H2,1-2H3,(H,21,23). The van der Waals surface area contributed by atoms with Gasteiger partial charge in [0.25, 0.3) is 11.6 Å². The van der Waals surface area contributed by atoms with Gasteiger partial charge in [0.15, 0.2) is 6.61 Å². The molecule has 0 aliphatic carbocycles. The first kappa shape index (κ1) is 22.2. The van der Waals surface area contributed by atoms with Gasteiger partial charge in [0.2, 0.25) is 0 Å². The Morgan fingerprint density at radius 2 is 1.96 bits per heavy atom. The Hall–Kier alpha value is -2.10. The number of rotatable bonds is 7. The van der Waals surface area contributed by atoms with Gasteiger partial charge in [0.1, 0.15) is 0 Å². The number of amides is 1. The second-order valence-electron chi connectivity index (χ2n) is 5.79. The normalized spacial score (nSPS) is 10.4. The molecule has 2 aromatic carbocycles. The Kier molecular flexibility index (Phi) is 7.85. The summed E-state index contributed by atoms with van der Waals surface area (Å²) in [5.41, 5.74) is 2.09. The third-order valence-corrected chi connectivity index (χ3v) is 5.90. The number of nitrogens with zero attached hydrogens (tertiary/aromatic N) is 1. The number of nitro groups is 1. The summed E-state index contributed by atoms with van der Waals surface area (Å²) >= 11 is 10.7. The van der Waals surface area contributed by atoms with Gasteiger partial charge in [-0.2, -0.15) is 0 Å². The molecule has 2 rings (SSSR count). The first-order valence-electron chi connectivity index (χ1n) is 7.96. The topological polar surface area (TPSA) is 98.5 Å². The number of hydrogen-bond acceptors (Lipinski definition) is 6. The molecule has 0 atom stereocenters. The van der Waals surface area contributed by atoms with Crippen LogP contribution in [0, 0.1) is 24.0 Å². The lowest BCUT2D eigenvalue weighted by Gasteiger charge is -2.10. The molecule has 148 valence electrons. The van der Waals surface area contributed by atoms with E-state index in [1.54, 1.807) is 0 Å². The minimum Gasteiger partial charge on any atom is -0.455 e. The van der Waals surface area contributed by atoms with Crippen LogP contribution >= 0.6 is 39.3 Å². The smallest absolute Gasteiger partial charge is 0.316 e. The predicted octanol–water partition coefficient (Wildman–Crippen LogP) is 4.90. The maximum Gasteiger partial charge on any atom is 0.316 e. The van der Waals surface area contributed by atoms with E-state index in [4.69, 9.17) is 16.3 Å². The fourth-order valence-corrected chi connectivity index (χ4v) is 3.72. The van der Waals surface area contributed by atoms with Crippen LogP contribution in [0.2, 0.25) is 5.02 Å². The molecule has 0 heterocycles. The summed E-state index contributed by atoms with van der Waals surface area (Å²) in [4.78, 5) is 34.8. The molecule has 0 bridgehead atoms. The number of aryl methyl sites for hydroxylation is 2. The van der Waals surface area contributed by atoms with Crippen molar-refractivity contribution >= 4 is 62.5 Å². The zero-order valence-electron chi connectivity index (χ0n) is 15.0. The second-order valence-corrected chi connectivity index (χ2v) is 8.06. The number of esters is 1. The number of halogens is 2. The second kappa shape index (κ2) is 9.90. The van der Waals surface area contributed by atoms with Gasteiger partial charge in [0, 0.05) is 21.5 Å². The van der Waals surface area contributed by atoms with Gasteiger partial charge in [-0.1, -0.05) is 27.5 Å². The number of carbonyl (C=O) groups is 2. The molecule has 0 radical (unpaired) electrons. The van der Waals surface area contributed by atoms with Gasteiger partial charge >= 0.3 is 5.97 Å². The molecule has 0 fully saturated rings. The van der Waals surface area contributed by atoms with Gasteiger partial charge in [-0.25, -0.2) is 0 Å². The van der Waals surface area contributed by atoms with Crippen LogP contribution in [0.25, 0.3) is 0 Å². The van der Waals surface area contributed by atoms with Crippen molar-refractivity contribution in [3.05, 3.63) is 61.1 Å². The fraction of sp³-hybridized carbons (Fsp3) is 0.222. The maximum absolute atomic E-state index is 11.9. The average Bonchev–Trinajstić information content (AvgIpc) is 2.63. The first-order valence-corrected chi connectivity index (χ1v) is 10.1. The van der Waals surface area contributed by atoms with Crippen LogP contribution in [0.3, 0.4) is 0 Å². The summed E-state index contributed by atoms with van der Waals surface area (Å²) in [5.74, 6) is -1.06. The molecule has 0 aliphatic rings. The van der Waals surface area contributed by atoms with Crippen molar-refractivity contribution in [2.45, 2.75) is 18.7 Å². The molecule has 28 heavy (non-hydrogen) atoms. The van der Waals surface area contributed by atoms with Crippen molar-refractivity contribution in [1.82, 2.24) is 0 Å². The molecule has 10 heteroatoms. The van der Waals surface area contributed by atoms with Gasteiger partial charge in [0.05, 0.1) is 21.4 Å². The van der Waals surface area contributed by atoms with Crippen LogP contribution < -0.4 is 5.32 Å². The predicted molar refractivity (Wildman–Crippen MR) is 112 cm³/mol. The molecule has 0 spiro atoms. The minimum atomic E-state index is -0.593. The Morgan fingerprint density at radius 1 is 1.25 bits per heavy atom. The summed E-state index contributed by atoms with van der Waals surface area (Å²) in [6.45, 7) is 3.42. The van der Waals surface area contributed by atoms with E-state index in [0.29, 0.717) is 0 Å². The lowest BCUT2D eigenvalue weighted by atomic mass is 10.2. The number of ether oxygens (including phenoxy) is 1. The van der Waals surface area contributed by atoms with Gasteiger partial charge in [-0.05, 0) is 43.2 Å². The number of benzene rings is 2. The van der Waals surface area contributed by atoms with E-state index in [0.717, 1.165) is 26.6 Å². The summed E-state index contributed by atoms with van der Waals surface area (Å²) < 4.78 is 5.96. The average molecular weight is 488 g/mol. The van der Waals surface area contributed by atoms with E-state index in [1.807, 2.05) is 26.0 Å². The summed E-state index contributed by atoms with van der Waals surface area (Å²) in [5, 5.41) is 13.1. The van der Waals surface area contributed by atoms with Crippen molar-refractivity contribution in [2.75, 3.05) is 17.7 Å². The fourth-order valence-electron chi connectivity index (χ4n) is 2.14. The Labute approximate surface area is 179 Å². The third-order valence-electron chi connectivity index (χ3n) is 3.60. The van der Waals surface area contributed by atoms with Crippen molar-refractivity contribution in [3.8, 4) is 0 Å². The quantitative estimate of drug-likeness (QED) is 0.258. The van der Waals surface area contributed by atoms with Crippen molar-refractivity contribution in [3.63, 3.8) is 0 Å². The van der Waals surface area contributed by atoms with Crippen LogP contribution in [0.15, 0.2) is 39.7 Å². The highest BCUT2D eigenvalue weighted by Crippen LogP contribution is 2.29. The number of nitro benzene ring substituents is 1. The van der Waals surface area contributed by atoms with E-state index in [1.165, 1.54) is 23.9 Å². The maximum atomic E-state index is 11.9. The molecule has 0 unspecified atom stereocenters. The molecule has 1 amide bonds. The summed E-state index contributed by atoms with van der Waals surface area (Å²) in [6, 6.07) is 7.61. The van der Waals surface area contributed by atoms with E-state index >= 15 is 0 Å². The lowest BCUT2D eigenvalue weighted by molar-refractivity contribution is -0.384. The Balaban J connectivity index is 1.83. The first-order chi connectivity index (χ1) is 13.2. The van der Waals surface area contributed by atoms with Gasteiger partial charge in [-0.15, -0.1) is 11.8 Å². The van der Waals surface area contributed by atoms with Crippen LogP contribution in [0.1, 0.15) is 11.1 Å². The number of non-ortho nitro benzene ring substituents is 1. The molecule has 2 aromatic rings. The van der Waals surface area contributed by atoms with Crippen molar-refractivity contribution in [2.24, 2.45) is 0 Å². The molecule has 0 aromatic heterocycles. The van der Waals surface area contributed by atoms with Crippen molar-refractivity contribution in [1.29, 1.82) is 0 Å². The highest BCUT2D eigenvalue weighted by atomic mass is 79.9. The highest BCUT2D eigenvalue weighted by Gasteiger charge is 2.14. The largest absolute Gasteiger partial charge is 0.455 e. The van der Waals surface area contributed by atoms with Gasteiger partial charge < -0.3 is 10.1 Å². The number of carbonyl (C=O) groups excluding carboxylic acids is 2. The molecule has 0 saturated heterocycles. The highest BCUT2D eigenvalue weighted by molar-refractivity contribution is 9.10. The van der Waals surface area contributed by atoms with Crippen molar-refractivity contribution < 1.29 is 19.2 Å². The summed E-state index contributed by atoms with van der Waals surface area (Å²) in [6.07, 6.45) is 0. The number of hydrogen-bond donors (Lipinski definition) is 1. The molecule has 0 saturated carbocycles. The van der Waals surface area contributed by atoms with Crippen LogP contribution in [0.5, 0.6) is 0 Å². The minimum absolute atomic E-state index is 0.0190. The zero-order chi connectivity index (χ0) is 20.8. The number of anilines is 1. The van der Waals surface area contributed by atoms with E-state index in [9.17, 15) is 19.7 Å². The molecule has 0 aliphatic heterocycles. The number of nitrogens with one attached hydrogen (secondary N) is 1.